The van der Waals surface area contributed by atoms with Gasteiger partial charge in [0.1, 0.15) is 23.9 Å². The molecule has 2 aromatic heterocycles. The maximum absolute atomic E-state index is 13.4. The highest BCUT2D eigenvalue weighted by Crippen LogP contribution is 2.32. The third kappa shape index (κ3) is 5.84. The van der Waals surface area contributed by atoms with E-state index in [1.165, 1.54) is 25.0 Å². The van der Waals surface area contributed by atoms with Crippen LogP contribution in [-0.2, 0) is 6.61 Å². The molecule has 0 spiro atoms. The van der Waals surface area contributed by atoms with E-state index in [9.17, 15) is 9.18 Å². The number of carbonyl (C=O) groups is 1. The molecule has 1 saturated heterocycles. The Hall–Kier alpha value is -3.69. The first kappa shape index (κ1) is 25.0. The van der Waals surface area contributed by atoms with Crippen LogP contribution in [0.5, 0.6) is 5.75 Å². The van der Waals surface area contributed by atoms with Crippen molar-refractivity contribution in [2.45, 2.75) is 26.4 Å². The van der Waals surface area contributed by atoms with Crippen LogP contribution in [0.1, 0.15) is 34.5 Å². The van der Waals surface area contributed by atoms with Gasteiger partial charge in [0, 0.05) is 24.2 Å². The summed E-state index contributed by atoms with van der Waals surface area (Å²) in [5, 5.41) is 15.8. The molecule has 0 unspecified atom stereocenters. The van der Waals surface area contributed by atoms with Gasteiger partial charge in [0.2, 0.25) is 0 Å². The van der Waals surface area contributed by atoms with Gasteiger partial charge in [0.05, 0.1) is 16.7 Å². The average Bonchev–Trinajstić information content (AvgIpc) is 3.52. The Morgan fingerprint density at radius 1 is 1.22 bits per heavy atom. The first-order valence-electron chi connectivity index (χ1n) is 12.3. The molecular formula is C27H28ClFN6O2. The highest BCUT2D eigenvalue weighted by Gasteiger charge is 2.19. The number of carbonyl (C=O) groups excluding carboxylic acids is 1. The number of hydrogen-bond acceptors (Lipinski definition) is 6. The topological polar surface area (TPSA) is 95.2 Å². The molecule has 1 aliphatic heterocycles. The molecule has 0 atom stereocenters. The monoisotopic (exact) mass is 522 g/mol. The Kier molecular flexibility index (Phi) is 7.52. The van der Waals surface area contributed by atoms with Crippen LogP contribution in [0.15, 0.2) is 48.7 Å². The van der Waals surface area contributed by atoms with Crippen LogP contribution >= 0.6 is 11.6 Å². The van der Waals surface area contributed by atoms with E-state index >= 15 is 0 Å². The van der Waals surface area contributed by atoms with E-state index in [0.717, 1.165) is 30.6 Å². The van der Waals surface area contributed by atoms with Crippen LogP contribution in [0, 0.1) is 12.7 Å². The van der Waals surface area contributed by atoms with Gasteiger partial charge in [-0.05, 0) is 74.3 Å². The Morgan fingerprint density at radius 2 is 2.05 bits per heavy atom. The molecule has 1 amide bonds. The van der Waals surface area contributed by atoms with Gasteiger partial charge in [-0.25, -0.2) is 4.39 Å². The number of fused-ring (bicyclic) bond motifs is 1. The van der Waals surface area contributed by atoms with Crippen LogP contribution in [0.4, 0.5) is 15.9 Å². The van der Waals surface area contributed by atoms with Gasteiger partial charge in [-0.15, -0.1) is 5.10 Å². The molecule has 0 saturated carbocycles. The Morgan fingerprint density at radius 3 is 2.84 bits per heavy atom. The smallest absolute Gasteiger partial charge is 0.268 e. The highest BCUT2D eigenvalue weighted by molar-refractivity contribution is 6.32. The second kappa shape index (κ2) is 11.1. The van der Waals surface area contributed by atoms with Crippen LogP contribution in [0.25, 0.3) is 10.9 Å². The quantitative estimate of drug-likeness (QED) is 0.279. The predicted octanol–water partition coefficient (Wildman–Crippen LogP) is 5.21. The summed E-state index contributed by atoms with van der Waals surface area (Å²) in [5.74, 6) is 0.518. The first-order chi connectivity index (χ1) is 18.0. The number of aromatic amines is 1. The molecule has 5 rings (SSSR count). The van der Waals surface area contributed by atoms with Crippen molar-refractivity contribution < 1.29 is 13.9 Å². The number of ether oxygens (including phenoxy) is 1. The molecule has 0 radical (unpaired) electrons. The SMILES string of the molecule is Cc1c(C(=O)NCCN2CCCC2)[nH]c2cnnc(Nc3ccc(OCc4cccc(F)c4)c(Cl)c3)c12. The highest BCUT2D eigenvalue weighted by atomic mass is 35.5. The molecule has 1 fully saturated rings. The van der Waals surface area contributed by atoms with E-state index < -0.39 is 0 Å². The number of benzene rings is 2. The van der Waals surface area contributed by atoms with Gasteiger partial charge in [-0.3, -0.25) is 4.79 Å². The number of aryl methyl sites for hydroxylation is 1. The largest absolute Gasteiger partial charge is 0.487 e. The van der Waals surface area contributed by atoms with Crippen LogP contribution in [0.3, 0.4) is 0 Å². The fourth-order valence-electron chi connectivity index (χ4n) is 4.57. The number of likely N-dealkylation sites (tertiary alicyclic amines) is 1. The summed E-state index contributed by atoms with van der Waals surface area (Å²) < 4.78 is 19.2. The maximum atomic E-state index is 13.4. The van der Waals surface area contributed by atoms with Gasteiger partial charge >= 0.3 is 0 Å². The molecule has 2 aromatic carbocycles. The average molecular weight is 523 g/mol. The van der Waals surface area contributed by atoms with Gasteiger partial charge in [0.15, 0.2) is 5.82 Å². The fourth-order valence-corrected chi connectivity index (χ4v) is 4.81. The molecular weight excluding hydrogens is 495 g/mol. The van der Waals surface area contributed by atoms with Crippen molar-refractivity contribution in [3.05, 3.63) is 76.3 Å². The lowest BCUT2D eigenvalue weighted by Crippen LogP contribution is -2.33. The third-order valence-electron chi connectivity index (χ3n) is 6.48. The minimum absolute atomic E-state index is 0.151. The number of nitrogens with one attached hydrogen (secondary N) is 3. The molecule has 192 valence electrons. The van der Waals surface area contributed by atoms with Crippen LogP contribution < -0.4 is 15.4 Å². The minimum Gasteiger partial charge on any atom is -0.487 e. The molecule has 8 nitrogen and oxygen atoms in total. The van der Waals surface area contributed by atoms with Gasteiger partial charge in [-0.2, -0.15) is 5.10 Å². The molecule has 1 aliphatic rings. The maximum Gasteiger partial charge on any atom is 0.268 e. The number of aromatic nitrogens is 3. The number of nitrogens with zero attached hydrogens (tertiary/aromatic N) is 3. The molecule has 37 heavy (non-hydrogen) atoms. The van der Waals surface area contributed by atoms with Crippen molar-refractivity contribution >= 4 is 39.9 Å². The van der Waals surface area contributed by atoms with Gasteiger partial charge < -0.3 is 25.3 Å². The van der Waals surface area contributed by atoms with Gasteiger partial charge in [0.25, 0.3) is 5.91 Å². The van der Waals surface area contributed by atoms with E-state index in [1.807, 2.05) is 6.92 Å². The zero-order valence-corrected chi connectivity index (χ0v) is 21.2. The number of anilines is 2. The van der Waals surface area contributed by atoms with E-state index in [1.54, 1.807) is 36.5 Å². The lowest BCUT2D eigenvalue weighted by Gasteiger charge is -2.14. The van der Waals surface area contributed by atoms with E-state index in [0.29, 0.717) is 45.6 Å². The van der Waals surface area contributed by atoms with Crippen molar-refractivity contribution in [3.8, 4) is 5.75 Å². The standard InChI is InChI=1S/C27H28ClFN6O2/c1-17-24-22(33-25(17)27(36)30-9-12-35-10-2-3-11-35)15-31-34-26(24)32-20-7-8-23(21(28)14-20)37-16-18-5-4-6-19(29)13-18/h4-8,13-15,33H,2-3,9-12,16H2,1H3,(H,30,36)(H,32,34). The van der Waals surface area contributed by atoms with E-state index in [2.05, 4.69) is 30.7 Å². The van der Waals surface area contributed by atoms with Crippen molar-refractivity contribution in [1.82, 2.24) is 25.4 Å². The molecule has 3 heterocycles. The summed E-state index contributed by atoms with van der Waals surface area (Å²) in [5.41, 5.74) is 3.38. The number of rotatable bonds is 9. The summed E-state index contributed by atoms with van der Waals surface area (Å²) in [6, 6.07) is 11.5. The van der Waals surface area contributed by atoms with Crippen LogP contribution in [-0.4, -0.2) is 52.2 Å². The van der Waals surface area contributed by atoms with Crippen molar-refractivity contribution in [1.29, 1.82) is 0 Å². The molecule has 3 N–H and O–H groups in total. The summed E-state index contributed by atoms with van der Waals surface area (Å²) in [7, 11) is 0. The number of halogens is 2. The zero-order valence-electron chi connectivity index (χ0n) is 20.5. The second-order valence-corrected chi connectivity index (χ2v) is 9.51. The Balaban J connectivity index is 1.28. The Bertz CT molecular complexity index is 1420. The number of hydrogen-bond donors (Lipinski definition) is 3. The number of H-pyrrole nitrogens is 1. The molecule has 0 aliphatic carbocycles. The van der Waals surface area contributed by atoms with E-state index in [-0.39, 0.29) is 18.3 Å². The molecule has 0 bridgehead atoms. The zero-order chi connectivity index (χ0) is 25.8. The molecule has 4 aromatic rings. The van der Waals surface area contributed by atoms with E-state index in [4.69, 9.17) is 16.3 Å². The number of amides is 1. The summed E-state index contributed by atoms with van der Waals surface area (Å²) in [6.07, 6.45) is 4.05. The van der Waals surface area contributed by atoms with Crippen molar-refractivity contribution in [3.63, 3.8) is 0 Å². The lowest BCUT2D eigenvalue weighted by atomic mass is 10.1. The predicted molar refractivity (Wildman–Crippen MR) is 142 cm³/mol. The van der Waals surface area contributed by atoms with Gasteiger partial charge in [-0.1, -0.05) is 23.7 Å². The molecule has 10 heteroatoms. The second-order valence-electron chi connectivity index (χ2n) is 9.10. The summed E-state index contributed by atoms with van der Waals surface area (Å²) >= 11 is 6.45. The van der Waals surface area contributed by atoms with Crippen LogP contribution in [0.2, 0.25) is 5.02 Å². The normalized spacial score (nSPS) is 13.7. The Labute approximate surface area is 219 Å². The first-order valence-corrected chi connectivity index (χ1v) is 12.6. The summed E-state index contributed by atoms with van der Waals surface area (Å²) in [6.45, 7) is 5.72. The lowest BCUT2D eigenvalue weighted by molar-refractivity contribution is 0.0945. The fraction of sp³-hybridized carbons (Fsp3) is 0.296. The minimum atomic E-state index is -0.315. The van der Waals surface area contributed by atoms with Crippen molar-refractivity contribution in [2.75, 3.05) is 31.5 Å². The third-order valence-corrected chi connectivity index (χ3v) is 6.77. The van der Waals surface area contributed by atoms with Crippen molar-refractivity contribution in [2.24, 2.45) is 0 Å². The summed E-state index contributed by atoms with van der Waals surface area (Å²) in [4.78, 5) is 18.4.